The van der Waals surface area contributed by atoms with Gasteiger partial charge in [-0.05, 0) is 33.3 Å². The lowest BCUT2D eigenvalue weighted by Gasteiger charge is -2.42. The highest BCUT2D eigenvalue weighted by Crippen LogP contribution is 2.42. The molecule has 2 N–H and O–H groups in total. The van der Waals surface area contributed by atoms with E-state index < -0.39 is 8.32 Å². The lowest BCUT2D eigenvalue weighted by Crippen LogP contribution is -2.65. The Kier molecular flexibility index (Phi) is 5.81. The third-order valence-corrected chi connectivity index (χ3v) is 9.58. The summed E-state index contributed by atoms with van der Waals surface area (Å²) in [5, 5.41) is 11.1. The number of aliphatic hydroxyl groups excluding tert-OH is 1. The van der Waals surface area contributed by atoms with Gasteiger partial charge in [-0.2, -0.15) is 0 Å². The fraction of sp³-hybridized carbons (Fsp3) is 0.333. The molecule has 2 aromatic carbocycles. The molecule has 1 atom stereocenters. The van der Waals surface area contributed by atoms with Crippen molar-refractivity contribution in [2.75, 3.05) is 6.61 Å². The Labute approximate surface area is 146 Å². The molecule has 0 radical (unpaired) electrons. The first-order chi connectivity index (χ1) is 11.3. The summed E-state index contributed by atoms with van der Waals surface area (Å²) in [5.74, 6) is 0.149. The Morgan fingerprint density at radius 2 is 1.42 bits per heavy atom. The van der Waals surface area contributed by atoms with Crippen LogP contribution < -0.4 is 10.4 Å². The average molecular weight is 341 g/mol. The van der Waals surface area contributed by atoms with Crippen LogP contribution >= 0.6 is 0 Å². The molecule has 0 unspecified atom stereocenters. The number of hydrogen-bond donors (Lipinski definition) is 2. The number of benzene rings is 2. The van der Waals surface area contributed by atoms with Gasteiger partial charge in [0.05, 0.1) is 6.61 Å². The molecular formula is C21H28O2Si. The number of hydrogen-bond acceptors (Lipinski definition) is 2. The van der Waals surface area contributed by atoms with E-state index in [4.69, 9.17) is 0 Å². The second-order valence-electron chi connectivity index (χ2n) is 7.25. The highest BCUT2D eigenvalue weighted by molar-refractivity contribution is 6.98. The standard InChI is InChI=1S/C21H28O2Si/c1-17(18(2)16-22)15-21(3,4)24(23,19-11-7-5-8-12-19)20-13-9-6-10-14-20/h5-14,17,22-23H,2,15-16H2,1,3-4H3/t17-/m1/s1. The van der Waals surface area contributed by atoms with Crippen molar-refractivity contribution in [3.8, 4) is 0 Å². The van der Waals surface area contributed by atoms with E-state index >= 15 is 0 Å². The van der Waals surface area contributed by atoms with E-state index in [0.717, 1.165) is 22.4 Å². The first-order valence-corrected chi connectivity index (χ1v) is 10.4. The van der Waals surface area contributed by atoms with Gasteiger partial charge in [0.2, 0.25) is 0 Å². The molecule has 0 aliphatic rings. The fourth-order valence-corrected chi connectivity index (χ4v) is 7.37. The third kappa shape index (κ3) is 3.53. The summed E-state index contributed by atoms with van der Waals surface area (Å²) in [6.45, 7) is 10.3. The van der Waals surface area contributed by atoms with Crippen molar-refractivity contribution < 1.29 is 9.90 Å². The van der Waals surface area contributed by atoms with Crippen LogP contribution in [0, 0.1) is 5.92 Å². The van der Waals surface area contributed by atoms with E-state index in [1.54, 1.807) is 0 Å². The molecule has 0 aromatic heterocycles. The van der Waals surface area contributed by atoms with Gasteiger partial charge < -0.3 is 9.90 Å². The van der Waals surface area contributed by atoms with E-state index in [2.05, 4.69) is 27.4 Å². The molecule has 0 bridgehead atoms. The molecule has 24 heavy (non-hydrogen) atoms. The minimum Gasteiger partial charge on any atom is -0.424 e. The Morgan fingerprint density at radius 1 is 1.00 bits per heavy atom. The lowest BCUT2D eigenvalue weighted by atomic mass is 9.92. The smallest absolute Gasteiger partial charge is 0.258 e. The lowest BCUT2D eigenvalue weighted by molar-refractivity contribution is 0.307. The Hall–Kier alpha value is -1.68. The molecule has 2 aromatic rings. The second-order valence-corrected chi connectivity index (χ2v) is 11.2. The van der Waals surface area contributed by atoms with Gasteiger partial charge in [0, 0.05) is 0 Å². The first kappa shape index (κ1) is 18.7. The van der Waals surface area contributed by atoms with Crippen molar-refractivity contribution in [3.63, 3.8) is 0 Å². The Bertz CT molecular complexity index is 625. The molecule has 0 saturated heterocycles. The van der Waals surface area contributed by atoms with Crippen LogP contribution in [0.25, 0.3) is 0 Å². The van der Waals surface area contributed by atoms with Crippen molar-refractivity contribution in [2.45, 2.75) is 32.2 Å². The monoisotopic (exact) mass is 340 g/mol. The summed E-state index contributed by atoms with van der Waals surface area (Å²) in [6.07, 6.45) is 0.777. The minimum absolute atomic E-state index is 0.00605. The van der Waals surface area contributed by atoms with Crippen LogP contribution in [0.1, 0.15) is 27.2 Å². The van der Waals surface area contributed by atoms with E-state index in [1.807, 2.05) is 60.7 Å². The molecule has 0 saturated carbocycles. The molecule has 2 nitrogen and oxygen atoms in total. The normalized spacial score (nSPS) is 13.5. The van der Waals surface area contributed by atoms with Gasteiger partial charge in [-0.3, -0.25) is 0 Å². The van der Waals surface area contributed by atoms with Crippen molar-refractivity contribution in [1.29, 1.82) is 0 Å². The van der Waals surface area contributed by atoms with Crippen molar-refractivity contribution in [1.82, 2.24) is 0 Å². The SMILES string of the molecule is C=C(CO)[C@H](C)CC(C)(C)[Si](O)(c1ccccc1)c1ccccc1. The van der Waals surface area contributed by atoms with Crippen molar-refractivity contribution in [2.24, 2.45) is 5.92 Å². The van der Waals surface area contributed by atoms with Crippen molar-refractivity contribution >= 4 is 18.7 Å². The molecule has 0 aliphatic heterocycles. The van der Waals surface area contributed by atoms with E-state index in [9.17, 15) is 9.90 Å². The first-order valence-electron chi connectivity index (χ1n) is 8.45. The maximum absolute atomic E-state index is 12.0. The van der Waals surface area contributed by atoms with Gasteiger partial charge in [0.25, 0.3) is 8.32 Å². The molecule has 0 fully saturated rings. The molecule has 2 rings (SSSR count). The predicted molar refractivity (Wildman–Crippen MR) is 104 cm³/mol. The molecule has 0 heterocycles. The largest absolute Gasteiger partial charge is 0.424 e. The van der Waals surface area contributed by atoms with Gasteiger partial charge >= 0.3 is 0 Å². The quantitative estimate of drug-likeness (QED) is 0.601. The van der Waals surface area contributed by atoms with Gasteiger partial charge in [0.15, 0.2) is 0 Å². The summed E-state index contributed by atoms with van der Waals surface area (Å²) in [6, 6.07) is 20.0. The van der Waals surface area contributed by atoms with E-state index in [1.165, 1.54) is 0 Å². The Balaban J connectivity index is 2.52. The minimum atomic E-state index is -2.97. The summed E-state index contributed by atoms with van der Waals surface area (Å²) >= 11 is 0. The number of rotatable bonds is 7. The van der Waals surface area contributed by atoms with Gasteiger partial charge in [-0.15, -0.1) is 0 Å². The fourth-order valence-electron chi connectivity index (χ4n) is 3.52. The van der Waals surface area contributed by atoms with Gasteiger partial charge in [-0.25, -0.2) is 0 Å². The molecule has 3 heteroatoms. The number of aliphatic hydroxyl groups is 1. The summed E-state index contributed by atoms with van der Waals surface area (Å²) in [7, 11) is -2.97. The van der Waals surface area contributed by atoms with Crippen LogP contribution in [-0.4, -0.2) is 24.8 Å². The third-order valence-electron chi connectivity index (χ3n) is 5.08. The maximum Gasteiger partial charge on any atom is 0.258 e. The molecular weight excluding hydrogens is 312 g/mol. The van der Waals surface area contributed by atoms with E-state index in [-0.39, 0.29) is 17.6 Å². The highest BCUT2D eigenvalue weighted by atomic mass is 28.4. The van der Waals surface area contributed by atoms with Crippen LogP contribution in [0.4, 0.5) is 0 Å². The van der Waals surface area contributed by atoms with Gasteiger partial charge in [-0.1, -0.05) is 88.0 Å². The predicted octanol–water partition coefficient (Wildman–Crippen LogP) is 3.09. The molecule has 0 amide bonds. The molecule has 0 aliphatic carbocycles. The zero-order chi connectivity index (χ0) is 17.8. The second kappa shape index (κ2) is 7.47. The average Bonchev–Trinajstić information content (AvgIpc) is 2.61. The van der Waals surface area contributed by atoms with Gasteiger partial charge in [0.1, 0.15) is 0 Å². The maximum atomic E-state index is 12.0. The van der Waals surface area contributed by atoms with Crippen LogP contribution in [0.3, 0.4) is 0 Å². The topological polar surface area (TPSA) is 40.5 Å². The summed E-state index contributed by atoms with van der Waals surface area (Å²) in [5.41, 5.74) is 0.820. The van der Waals surface area contributed by atoms with E-state index in [0.29, 0.717) is 0 Å². The Morgan fingerprint density at radius 3 is 1.79 bits per heavy atom. The molecule has 128 valence electrons. The van der Waals surface area contributed by atoms with Crippen molar-refractivity contribution in [3.05, 3.63) is 72.8 Å². The zero-order valence-corrected chi connectivity index (χ0v) is 15.9. The van der Waals surface area contributed by atoms with Crippen LogP contribution in [-0.2, 0) is 0 Å². The van der Waals surface area contributed by atoms with Crippen LogP contribution in [0.5, 0.6) is 0 Å². The zero-order valence-electron chi connectivity index (χ0n) is 14.9. The molecule has 0 spiro atoms. The summed E-state index contributed by atoms with van der Waals surface area (Å²) in [4.78, 5) is 12.0. The highest BCUT2D eigenvalue weighted by Gasteiger charge is 2.50. The van der Waals surface area contributed by atoms with Crippen LogP contribution in [0.15, 0.2) is 72.8 Å². The van der Waals surface area contributed by atoms with Crippen LogP contribution in [0.2, 0.25) is 5.04 Å². The summed E-state index contributed by atoms with van der Waals surface area (Å²) < 4.78 is 0.